The van der Waals surface area contributed by atoms with Gasteiger partial charge in [-0.1, -0.05) is 12.8 Å². The highest BCUT2D eigenvalue weighted by Crippen LogP contribution is 2.26. The fourth-order valence-corrected chi connectivity index (χ4v) is 3.32. The fraction of sp³-hybridized carbons (Fsp3) is 0.350. The van der Waals surface area contributed by atoms with E-state index in [0.717, 1.165) is 24.2 Å². The van der Waals surface area contributed by atoms with Crippen LogP contribution in [-0.2, 0) is 0 Å². The van der Waals surface area contributed by atoms with Crippen molar-refractivity contribution < 1.29 is 14.7 Å². The Hall–Kier alpha value is -2.89. The van der Waals surface area contributed by atoms with Crippen molar-refractivity contribution in [1.29, 1.82) is 0 Å². The van der Waals surface area contributed by atoms with Gasteiger partial charge in [0.25, 0.3) is 5.91 Å². The molecule has 1 aromatic heterocycles. The zero-order valence-electron chi connectivity index (χ0n) is 15.0. The van der Waals surface area contributed by atoms with E-state index in [9.17, 15) is 9.59 Å². The molecule has 0 saturated heterocycles. The van der Waals surface area contributed by atoms with Gasteiger partial charge in [-0.05, 0) is 61.7 Å². The number of carbonyl (C=O) groups excluding carboxylic acids is 1. The van der Waals surface area contributed by atoms with E-state index in [-0.39, 0.29) is 11.5 Å². The molecule has 136 valence electrons. The Morgan fingerprint density at radius 1 is 1.15 bits per heavy atom. The number of aromatic nitrogens is 1. The van der Waals surface area contributed by atoms with Crippen LogP contribution in [0, 0.1) is 6.92 Å². The molecular formula is C20H23N3O3. The summed E-state index contributed by atoms with van der Waals surface area (Å²) in [4.78, 5) is 30.2. The van der Waals surface area contributed by atoms with Gasteiger partial charge in [0.05, 0.1) is 5.56 Å². The summed E-state index contributed by atoms with van der Waals surface area (Å²) in [6, 6.07) is 10.3. The van der Waals surface area contributed by atoms with Crippen molar-refractivity contribution in [2.75, 3.05) is 17.3 Å². The Morgan fingerprint density at radius 3 is 2.42 bits per heavy atom. The molecule has 1 aromatic carbocycles. The first-order valence-corrected chi connectivity index (χ1v) is 8.80. The second-order valence-corrected chi connectivity index (χ2v) is 6.77. The van der Waals surface area contributed by atoms with Gasteiger partial charge in [-0.2, -0.15) is 0 Å². The summed E-state index contributed by atoms with van der Waals surface area (Å²) < 4.78 is 0. The summed E-state index contributed by atoms with van der Waals surface area (Å²) in [6.07, 6.45) is 4.79. The summed E-state index contributed by atoms with van der Waals surface area (Å²) in [5, 5.41) is 11.7. The quantitative estimate of drug-likeness (QED) is 0.856. The van der Waals surface area contributed by atoms with Gasteiger partial charge in [0.15, 0.2) is 0 Å². The molecular weight excluding hydrogens is 330 g/mol. The highest BCUT2D eigenvalue weighted by atomic mass is 16.4. The SMILES string of the molecule is Cc1cc(C(=O)Nc2ccc(C(=O)O)cc2)nc(N(C)C2CCCC2)c1. The average molecular weight is 353 g/mol. The number of rotatable bonds is 5. The lowest BCUT2D eigenvalue weighted by atomic mass is 10.2. The first-order chi connectivity index (χ1) is 12.4. The Kier molecular flexibility index (Phi) is 5.21. The van der Waals surface area contributed by atoms with Crippen molar-refractivity contribution in [3.05, 3.63) is 53.2 Å². The topological polar surface area (TPSA) is 82.5 Å². The number of carbonyl (C=O) groups is 2. The van der Waals surface area contributed by atoms with Gasteiger partial charge in [0, 0.05) is 18.8 Å². The number of nitrogens with one attached hydrogen (secondary N) is 1. The van der Waals surface area contributed by atoms with Crippen molar-refractivity contribution in [2.24, 2.45) is 0 Å². The number of aromatic carboxylic acids is 1. The number of amides is 1. The van der Waals surface area contributed by atoms with E-state index in [4.69, 9.17) is 5.11 Å². The van der Waals surface area contributed by atoms with Gasteiger partial charge < -0.3 is 15.3 Å². The zero-order chi connectivity index (χ0) is 18.7. The molecule has 0 bridgehead atoms. The number of anilines is 2. The molecule has 0 radical (unpaired) electrons. The largest absolute Gasteiger partial charge is 0.478 e. The molecule has 6 heteroatoms. The summed E-state index contributed by atoms with van der Waals surface area (Å²) in [7, 11) is 2.03. The minimum absolute atomic E-state index is 0.178. The highest BCUT2D eigenvalue weighted by molar-refractivity contribution is 6.03. The Labute approximate surface area is 152 Å². The first kappa shape index (κ1) is 17.9. The summed E-state index contributed by atoms with van der Waals surface area (Å²) in [5.74, 6) is -0.496. The fourth-order valence-electron chi connectivity index (χ4n) is 3.32. The predicted octanol–water partition coefficient (Wildman–Crippen LogP) is 3.72. The molecule has 1 fully saturated rings. The monoisotopic (exact) mass is 353 g/mol. The van der Waals surface area contributed by atoms with Gasteiger partial charge in [-0.3, -0.25) is 4.79 Å². The Balaban J connectivity index is 1.77. The molecule has 1 aliphatic rings. The van der Waals surface area contributed by atoms with Crippen LogP contribution < -0.4 is 10.2 Å². The third-order valence-electron chi connectivity index (χ3n) is 4.81. The number of hydrogen-bond acceptors (Lipinski definition) is 4. The number of nitrogens with zero attached hydrogens (tertiary/aromatic N) is 2. The molecule has 0 unspecified atom stereocenters. The van der Waals surface area contributed by atoms with Crippen LogP contribution in [0.5, 0.6) is 0 Å². The van der Waals surface area contributed by atoms with Gasteiger partial charge in [-0.15, -0.1) is 0 Å². The van der Waals surface area contributed by atoms with Crippen LogP contribution in [0.4, 0.5) is 11.5 Å². The summed E-state index contributed by atoms with van der Waals surface area (Å²) in [5.41, 5.74) is 2.05. The number of carboxylic acids is 1. The molecule has 0 aliphatic heterocycles. The van der Waals surface area contributed by atoms with Crippen LogP contribution in [0.3, 0.4) is 0 Å². The minimum atomic E-state index is -0.997. The lowest BCUT2D eigenvalue weighted by Crippen LogP contribution is -2.30. The van der Waals surface area contributed by atoms with E-state index in [0.29, 0.717) is 17.4 Å². The predicted molar refractivity (Wildman–Crippen MR) is 101 cm³/mol. The van der Waals surface area contributed by atoms with Gasteiger partial charge >= 0.3 is 5.97 Å². The first-order valence-electron chi connectivity index (χ1n) is 8.80. The maximum absolute atomic E-state index is 12.6. The van der Waals surface area contributed by atoms with E-state index in [1.165, 1.54) is 25.0 Å². The molecule has 2 N–H and O–H groups in total. The highest BCUT2D eigenvalue weighted by Gasteiger charge is 2.22. The van der Waals surface area contributed by atoms with Crippen LogP contribution >= 0.6 is 0 Å². The number of pyridine rings is 1. The van der Waals surface area contributed by atoms with E-state index >= 15 is 0 Å². The summed E-state index contributed by atoms with van der Waals surface area (Å²) >= 11 is 0. The third kappa shape index (κ3) is 4.02. The van der Waals surface area contributed by atoms with Crippen molar-refractivity contribution in [1.82, 2.24) is 4.98 Å². The van der Waals surface area contributed by atoms with Gasteiger partial charge in [0.1, 0.15) is 11.5 Å². The number of hydrogen-bond donors (Lipinski definition) is 2. The molecule has 1 aliphatic carbocycles. The second kappa shape index (κ2) is 7.56. The minimum Gasteiger partial charge on any atom is -0.478 e. The average Bonchev–Trinajstić information content (AvgIpc) is 3.15. The molecule has 26 heavy (non-hydrogen) atoms. The Bertz CT molecular complexity index is 812. The molecule has 0 spiro atoms. The maximum Gasteiger partial charge on any atom is 0.335 e. The van der Waals surface area contributed by atoms with E-state index in [2.05, 4.69) is 15.2 Å². The lowest BCUT2D eigenvalue weighted by molar-refractivity contribution is 0.0696. The second-order valence-electron chi connectivity index (χ2n) is 6.77. The molecule has 3 rings (SSSR count). The zero-order valence-corrected chi connectivity index (χ0v) is 15.0. The molecule has 2 aromatic rings. The molecule has 1 heterocycles. The van der Waals surface area contributed by atoms with Crippen LogP contribution in [0.2, 0.25) is 0 Å². The van der Waals surface area contributed by atoms with E-state index < -0.39 is 5.97 Å². The van der Waals surface area contributed by atoms with Crippen molar-refractivity contribution >= 4 is 23.4 Å². The van der Waals surface area contributed by atoms with Crippen LogP contribution in [-0.4, -0.2) is 35.1 Å². The Morgan fingerprint density at radius 2 is 1.81 bits per heavy atom. The maximum atomic E-state index is 12.6. The lowest BCUT2D eigenvalue weighted by Gasteiger charge is -2.26. The van der Waals surface area contributed by atoms with E-state index in [1.807, 2.05) is 20.0 Å². The molecule has 1 amide bonds. The van der Waals surface area contributed by atoms with Crippen molar-refractivity contribution in [3.63, 3.8) is 0 Å². The number of aryl methyl sites for hydroxylation is 1. The van der Waals surface area contributed by atoms with Crippen LogP contribution in [0.1, 0.15) is 52.1 Å². The van der Waals surface area contributed by atoms with E-state index in [1.54, 1.807) is 18.2 Å². The van der Waals surface area contributed by atoms with Crippen LogP contribution in [0.25, 0.3) is 0 Å². The molecule has 0 atom stereocenters. The third-order valence-corrected chi connectivity index (χ3v) is 4.81. The van der Waals surface area contributed by atoms with Gasteiger partial charge in [-0.25, -0.2) is 9.78 Å². The smallest absolute Gasteiger partial charge is 0.335 e. The normalized spacial score (nSPS) is 14.2. The molecule has 1 saturated carbocycles. The standard InChI is InChI=1S/C20H23N3O3/c1-13-11-17(22-18(12-13)23(2)16-5-3-4-6-16)19(24)21-15-9-7-14(8-10-15)20(25)26/h7-12,16H,3-6H2,1-2H3,(H,21,24)(H,25,26). The number of carboxylic acid groups (broad SMARTS) is 1. The van der Waals surface area contributed by atoms with Crippen molar-refractivity contribution in [3.8, 4) is 0 Å². The van der Waals surface area contributed by atoms with Crippen molar-refractivity contribution in [2.45, 2.75) is 38.6 Å². The van der Waals surface area contributed by atoms with Gasteiger partial charge in [0.2, 0.25) is 0 Å². The number of benzene rings is 1. The molecule has 6 nitrogen and oxygen atoms in total. The van der Waals surface area contributed by atoms with Crippen LogP contribution in [0.15, 0.2) is 36.4 Å². The summed E-state index contributed by atoms with van der Waals surface area (Å²) in [6.45, 7) is 1.95.